The van der Waals surface area contributed by atoms with Gasteiger partial charge in [0.1, 0.15) is 0 Å². The number of carboxylic acid groups (broad SMARTS) is 1. The van der Waals surface area contributed by atoms with Crippen LogP contribution in [0.2, 0.25) is 0 Å². The molecule has 1 atom stereocenters. The number of rotatable bonds is 6. The molecule has 0 aliphatic rings. The molecular weight excluding hydrogens is 156 g/mol. The maximum atomic E-state index is 10.4. The molecule has 4 heteroatoms. The maximum absolute atomic E-state index is 10.4. The lowest BCUT2D eigenvalue weighted by atomic mass is 10.0. The third-order valence-corrected chi connectivity index (χ3v) is 1.85. The largest absolute Gasteiger partial charge is 0.481 e. The molecule has 0 bridgehead atoms. The highest BCUT2D eigenvalue weighted by atomic mass is 16.4. The lowest BCUT2D eigenvalue weighted by molar-refractivity contribution is -0.141. The fourth-order valence-electron chi connectivity index (χ4n) is 0.954. The van der Waals surface area contributed by atoms with Crippen molar-refractivity contribution in [1.29, 1.82) is 0 Å². The minimum atomic E-state index is -0.730. The van der Waals surface area contributed by atoms with E-state index in [2.05, 4.69) is 0 Å². The smallest absolute Gasteiger partial charge is 0.306 e. The number of hydrogen-bond donors (Lipinski definition) is 3. The molecule has 0 amide bonds. The number of unbranched alkanes of at least 4 members (excludes halogenated alkanes) is 1. The van der Waals surface area contributed by atoms with E-state index in [0.29, 0.717) is 6.42 Å². The third-order valence-electron chi connectivity index (χ3n) is 1.85. The minimum Gasteiger partial charge on any atom is -0.481 e. The van der Waals surface area contributed by atoms with Crippen LogP contribution in [-0.4, -0.2) is 17.2 Å². The van der Waals surface area contributed by atoms with Crippen molar-refractivity contribution >= 4 is 5.97 Å². The third kappa shape index (κ3) is 6.12. The van der Waals surface area contributed by atoms with Gasteiger partial charge in [-0.2, -0.15) is 0 Å². The van der Waals surface area contributed by atoms with Crippen molar-refractivity contribution in [3.8, 4) is 0 Å². The molecule has 0 saturated heterocycles. The van der Waals surface area contributed by atoms with Gasteiger partial charge in [-0.15, -0.1) is 0 Å². The van der Waals surface area contributed by atoms with Gasteiger partial charge in [0.25, 0.3) is 0 Å². The second kappa shape index (κ2) is 5.97. The molecule has 0 fully saturated rings. The van der Waals surface area contributed by atoms with E-state index in [1.165, 1.54) is 0 Å². The molecule has 0 saturated carbocycles. The van der Waals surface area contributed by atoms with E-state index in [1.54, 1.807) is 6.92 Å². The predicted octanol–water partition coefficient (Wildman–Crippen LogP) is 0.511. The van der Waals surface area contributed by atoms with Gasteiger partial charge in [0.05, 0.1) is 12.1 Å². The summed E-state index contributed by atoms with van der Waals surface area (Å²) in [6, 6.07) is 0. The van der Waals surface area contributed by atoms with Crippen molar-refractivity contribution in [3.05, 3.63) is 0 Å². The van der Waals surface area contributed by atoms with Crippen LogP contribution in [-0.2, 0) is 4.79 Å². The Morgan fingerprint density at radius 2 is 1.83 bits per heavy atom. The molecule has 0 radical (unpaired) electrons. The molecule has 5 N–H and O–H groups in total. The van der Waals surface area contributed by atoms with Crippen molar-refractivity contribution in [2.45, 2.75) is 38.8 Å². The lowest BCUT2D eigenvalue weighted by Gasteiger charge is -2.06. The van der Waals surface area contributed by atoms with Gasteiger partial charge in [-0.25, -0.2) is 0 Å². The topological polar surface area (TPSA) is 89.3 Å². The van der Waals surface area contributed by atoms with Crippen LogP contribution < -0.4 is 11.5 Å². The number of carbonyl (C=O) groups is 1. The summed E-state index contributed by atoms with van der Waals surface area (Å²) in [4.78, 5) is 10.4. The molecule has 0 aromatic rings. The summed E-state index contributed by atoms with van der Waals surface area (Å²) in [6.45, 7) is 1.71. The second-order valence-electron chi connectivity index (χ2n) is 3.19. The number of carboxylic acids is 1. The van der Waals surface area contributed by atoms with E-state index in [0.717, 1.165) is 19.3 Å². The highest BCUT2D eigenvalue weighted by Gasteiger charge is 2.09. The molecule has 0 aromatic heterocycles. The fraction of sp³-hybridized carbons (Fsp3) is 0.875. The van der Waals surface area contributed by atoms with Crippen LogP contribution in [0.3, 0.4) is 0 Å². The average Bonchev–Trinajstić information content (AvgIpc) is 1.97. The van der Waals surface area contributed by atoms with Crippen molar-refractivity contribution in [3.63, 3.8) is 0 Å². The Labute approximate surface area is 72.9 Å². The molecule has 12 heavy (non-hydrogen) atoms. The van der Waals surface area contributed by atoms with E-state index in [9.17, 15) is 4.79 Å². The van der Waals surface area contributed by atoms with Gasteiger partial charge in [0.2, 0.25) is 0 Å². The summed E-state index contributed by atoms with van der Waals surface area (Å²) >= 11 is 0. The first-order chi connectivity index (χ1) is 5.54. The Bertz CT molecular complexity index is 137. The van der Waals surface area contributed by atoms with Gasteiger partial charge >= 0.3 is 5.97 Å². The van der Waals surface area contributed by atoms with Gasteiger partial charge < -0.3 is 16.6 Å². The van der Waals surface area contributed by atoms with Crippen molar-refractivity contribution in [1.82, 2.24) is 0 Å². The van der Waals surface area contributed by atoms with Crippen LogP contribution in [0.1, 0.15) is 32.6 Å². The zero-order chi connectivity index (χ0) is 9.56. The van der Waals surface area contributed by atoms with Gasteiger partial charge in [-0.1, -0.05) is 19.8 Å². The Kier molecular flexibility index (Phi) is 5.66. The molecule has 4 nitrogen and oxygen atoms in total. The summed E-state index contributed by atoms with van der Waals surface area (Å²) in [5, 5.41) is 8.54. The predicted molar refractivity (Wildman–Crippen MR) is 47.4 cm³/mol. The molecule has 0 rings (SSSR count). The molecule has 0 aromatic carbocycles. The highest BCUT2D eigenvalue weighted by Crippen LogP contribution is 2.09. The van der Waals surface area contributed by atoms with E-state index < -0.39 is 5.97 Å². The number of nitrogens with two attached hydrogens (primary N) is 2. The van der Waals surface area contributed by atoms with Gasteiger partial charge in [-0.05, 0) is 12.8 Å². The maximum Gasteiger partial charge on any atom is 0.306 e. The van der Waals surface area contributed by atoms with Crippen LogP contribution >= 0.6 is 0 Å². The summed E-state index contributed by atoms with van der Waals surface area (Å²) < 4.78 is 0. The standard InChI is InChI=1S/C8H18N2O2/c1-6(8(11)12)4-2-3-5-7(9)10/h6-7H,2-5,9-10H2,1H3,(H,11,12). The Hall–Kier alpha value is -0.610. The van der Waals surface area contributed by atoms with Crippen LogP contribution in [0.25, 0.3) is 0 Å². The summed E-state index contributed by atoms with van der Waals surface area (Å²) in [5.74, 6) is -0.981. The first-order valence-electron chi connectivity index (χ1n) is 4.28. The zero-order valence-electron chi connectivity index (χ0n) is 7.49. The molecule has 0 aliphatic carbocycles. The molecule has 1 unspecified atom stereocenters. The van der Waals surface area contributed by atoms with E-state index in [4.69, 9.17) is 16.6 Å². The van der Waals surface area contributed by atoms with E-state index in [1.807, 2.05) is 0 Å². The van der Waals surface area contributed by atoms with E-state index >= 15 is 0 Å². The van der Waals surface area contributed by atoms with Crippen LogP contribution in [0.5, 0.6) is 0 Å². The molecule has 0 aliphatic heterocycles. The summed E-state index contributed by atoms with van der Waals surface area (Å²) in [7, 11) is 0. The Balaban J connectivity index is 3.25. The average molecular weight is 174 g/mol. The summed E-state index contributed by atoms with van der Waals surface area (Å²) in [6.07, 6.45) is 3.02. The van der Waals surface area contributed by atoms with Crippen LogP contribution in [0.15, 0.2) is 0 Å². The van der Waals surface area contributed by atoms with Crippen LogP contribution in [0, 0.1) is 5.92 Å². The van der Waals surface area contributed by atoms with Gasteiger partial charge in [-0.3, -0.25) is 4.79 Å². The minimum absolute atomic E-state index is 0.251. The van der Waals surface area contributed by atoms with Gasteiger partial charge in [0.15, 0.2) is 0 Å². The highest BCUT2D eigenvalue weighted by molar-refractivity contribution is 5.69. The number of hydrogen-bond acceptors (Lipinski definition) is 3. The normalized spacial score (nSPS) is 13.3. The first kappa shape index (κ1) is 11.4. The SMILES string of the molecule is CC(CCCCC(N)N)C(=O)O. The first-order valence-corrected chi connectivity index (χ1v) is 4.28. The molecule has 0 heterocycles. The van der Waals surface area contributed by atoms with Crippen molar-refractivity contribution in [2.24, 2.45) is 17.4 Å². The van der Waals surface area contributed by atoms with Crippen LogP contribution in [0.4, 0.5) is 0 Å². The lowest BCUT2D eigenvalue weighted by Crippen LogP contribution is -2.29. The molecular formula is C8H18N2O2. The fourth-order valence-corrected chi connectivity index (χ4v) is 0.954. The summed E-state index contributed by atoms with van der Waals surface area (Å²) in [5.41, 5.74) is 10.7. The second-order valence-corrected chi connectivity index (χ2v) is 3.19. The quantitative estimate of drug-likeness (QED) is 0.404. The molecule has 0 spiro atoms. The van der Waals surface area contributed by atoms with Crippen molar-refractivity contribution < 1.29 is 9.90 Å². The Morgan fingerprint density at radius 1 is 1.33 bits per heavy atom. The Morgan fingerprint density at radius 3 is 2.25 bits per heavy atom. The monoisotopic (exact) mass is 174 g/mol. The molecule has 72 valence electrons. The van der Waals surface area contributed by atoms with E-state index in [-0.39, 0.29) is 12.1 Å². The number of aliphatic carboxylic acids is 1. The zero-order valence-corrected chi connectivity index (χ0v) is 7.49. The van der Waals surface area contributed by atoms with Gasteiger partial charge in [0, 0.05) is 0 Å². The van der Waals surface area contributed by atoms with Crippen molar-refractivity contribution in [2.75, 3.05) is 0 Å².